The van der Waals surface area contributed by atoms with Crippen molar-refractivity contribution in [3.63, 3.8) is 0 Å². The minimum atomic E-state index is -0.0735. The lowest BCUT2D eigenvalue weighted by Crippen LogP contribution is -2.23. The molecule has 0 bridgehead atoms. The maximum absolute atomic E-state index is 12.2. The van der Waals surface area contributed by atoms with Gasteiger partial charge in [0.05, 0.1) is 7.11 Å². The van der Waals surface area contributed by atoms with Gasteiger partial charge in [0.25, 0.3) is 0 Å². The van der Waals surface area contributed by atoms with E-state index in [2.05, 4.69) is 32.5 Å². The van der Waals surface area contributed by atoms with Gasteiger partial charge in [0, 0.05) is 49.3 Å². The van der Waals surface area contributed by atoms with E-state index in [0.717, 1.165) is 30.0 Å². The number of methoxy groups -OCH3 is 1. The highest BCUT2D eigenvalue weighted by Gasteiger charge is 2.14. The van der Waals surface area contributed by atoms with Crippen molar-refractivity contribution >= 4 is 11.6 Å². The first-order valence-corrected chi connectivity index (χ1v) is 10.3. The number of carbonyl (C=O) groups excluding carboxylic acids is 1. The molecule has 30 heavy (non-hydrogen) atoms. The molecule has 156 valence electrons. The number of benzene rings is 2. The minimum Gasteiger partial charge on any atom is -0.496 e. The maximum Gasteiger partial charge on any atom is 0.227 e. The average Bonchev–Trinajstić information content (AvgIpc) is 3.49. The Bertz CT molecular complexity index is 978. The summed E-state index contributed by atoms with van der Waals surface area (Å²) in [5.74, 6) is 1.69. The summed E-state index contributed by atoms with van der Waals surface area (Å²) in [6, 6.07) is 15.9. The summed E-state index contributed by atoms with van der Waals surface area (Å²) >= 11 is 0. The summed E-state index contributed by atoms with van der Waals surface area (Å²) in [7, 11) is 1.62. The van der Waals surface area contributed by atoms with E-state index >= 15 is 0 Å². The zero-order valence-corrected chi connectivity index (χ0v) is 17.1. The van der Waals surface area contributed by atoms with E-state index in [1.807, 2.05) is 36.4 Å². The van der Waals surface area contributed by atoms with Gasteiger partial charge in [0.15, 0.2) is 0 Å². The number of hydrogen-bond acceptors (Lipinski definition) is 6. The molecule has 7 heteroatoms. The number of aromatic nitrogens is 2. The second-order valence-electron chi connectivity index (χ2n) is 7.34. The van der Waals surface area contributed by atoms with E-state index < -0.39 is 0 Å². The quantitative estimate of drug-likeness (QED) is 0.616. The Morgan fingerprint density at radius 1 is 1.13 bits per heavy atom. The van der Waals surface area contributed by atoms with Gasteiger partial charge in [-0.3, -0.25) is 4.79 Å². The van der Waals surface area contributed by atoms with Crippen molar-refractivity contribution in [2.45, 2.75) is 32.2 Å². The first-order chi connectivity index (χ1) is 14.7. The van der Waals surface area contributed by atoms with Gasteiger partial charge in [-0.25, -0.2) is 0 Å². The van der Waals surface area contributed by atoms with Crippen LogP contribution in [0.15, 0.2) is 53.1 Å². The largest absolute Gasteiger partial charge is 0.496 e. The van der Waals surface area contributed by atoms with Crippen LogP contribution < -0.4 is 15.0 Å². The smallest absolute Gasteiger partial charge is 0.227 e. The Morgan fingerprint density at radius 3 is 2.67 bits per heavy atom. The van der Waals surface area contributed by atoms with Crippen molar-refractivity contribution in [2.75, 3.05) is 25.1 Å². The number of amides is 1. The fourth-order valence-electron chi connectivity index (χ4n) is 3.62. The van der Waals surface area contributed by atoms with Crippen molar-refractivity contribution in [1.82, 2.24) is 15.5 Å². The summed E-state index contributed by atoms with van der Waals surface area (Å²) in [4.78, 5) is 19.0. The molecular formula is C23H26N4O3. The third-order valence-corrected chi connectivity index (χ3v) is 5.30. The van der Waals surface area contributed by atoms with Gasteiger partial charge in [-0.2, -0.15) is 4.98 Å². The van der Waals surface area contributed by atoms with Crippen LogP contribution in [-0.4, -0.2) is 36.2 Å². The zero-order chi connectivity index (χ0) is 20.8. The lowest BCUT2D eigenvalue weighted by atomic mass is 10.2. The molecule has 1 aliphatic rings. The number of aryl methyl sites for hydroxylation is 1. The van der Waals surface area contributed by atoms with Crippen LogP contribution in [0.25, 0.3) is 11.4 Å². The maximum atomic E-state index is 12.2. The summed E-state index contributed by atoms with van der Waals surface area (Å²) < 4.78 is 10.6. The zero-order valence-electron chi connectivity index (χ0n) is 17.1. The second-order valence-corrected chi connectivity index (χ2v) is 7.34. The molecule has 0 unspecified atom stereocenters. The van der Waals surface area contributed by atoms with E-state index in [-0.39, 0.29) is 12.3 Å². The van der Waals surface area contributed by atoms with Crippen LogP contribution in [0.1, 0.15) is 30.7 Å². The molecule has 0 aliphatic carbocycles. The van der Waals surface area contributed by atoms with Crippen LogP contribution in [0, 0.1) is 0 Å². The third kappa shape index (κ3) is 4.79. The highest BCUT2D eigenvalue weighted by Crippen LogP contribution is 2.24. The number of hydrogen-bond donors (Lipinski definition) is 1. The Kier molecular flexibility index (Phi) is 6.27. The van der Waals surface area contributed by atoms with E-state index in [0.29, 0.717) is 24.7 Å². The monoisotopic (exact) mass is 406 g/mol. The number of nitrogens with one attached hydrogen (secondary N) is 1. The summed E-state index contributed by atoms with van der Waals surface area (Å²) in [5, 5.41) is 6.96. The molecule has 1 aromatic heterocycles. The lowest BCUT2D eigenvalue weighted by Gasteiger charge is -2.17. The van der Waals surface area contributed by atoms with Crippen LogP contribution in [0.2, 0.25) is 0 Å². The summed E-state index contributed by atoms with van der Waals surface area (Å²) in [6.45, 7) is 2.65. The lowest BCUT2D eigenvalue weighted by molar-refractivity contribution is -0.121. The fourth-order valence-corrected chi connectivity index (χ4v) is 3.62. The Labute approximate surface area is 176 Å². The van der Waals surface area contributed by atoms with Crippen molar-refractivity contribution in [1.29, 1.82) is 0 Å². The number of para-hydroxylation sites is 1. The first kappa shape index (κ1) is 19.9. The molecule has 0 atom stereocenters. The van der Waals surface area contributed by atoms with Crippen LogP contribution >= 0.6 is 0 Å². The number of carbonyl (C=O) groups is 1. The Balaban J connectivity index is 1.28. The number of anilines is 1. The van der Waals surface area contributed by atoms with Gasteiger partial charge in [-0.05, 0) is 43.2 Å². The molecule has 7 nitrogen and oxygen atoms in total. The van der Waals surface area contributed by atoms with Gasteiger partial charge >= 0.3 is 0 Å². The fraction of sp³-hybridized carbons (Fsp3) is 0.348. The molecule has 4 rings (SSSR count). The van der Waals surface area contributed by atoms with Crippen molar-refractivity contribution < 1.29 is 14.1 Å². The van der Waals surface area contributed by atoms with Gasteiger partial charge in [-0.1, -0.05) is 23.4 Å². The van der Waals surface area contributed by atoms with Crippen molar-refractivity contribution in [3.8, 4) is 17.1 Å². The number of rotatable bonds is 8. The first-order valence-electron chi connectivity index (χ1n) is 10.3. The molecule has 3 aromatic rings. The SMILES string of the molecule is COc1ccccc1CNC(=O)CCc1nc(-c2ccc(N3CCCC3)cc2)no1. The third-order valence-electron chi connectivity index (χ3n) is 5.30. The number of ether oxygens (including phenoxy) is 1. The molecule has 2 heterocycles. The molecule has 1 fully saturated rings. The normalized spacial score (nSPS) is 13.4. The van der Waals surface area contributed by atoms with Gasteiger partial charge in [0.2, 0.25) is 17.6 Å². The molecule has 0 radical (unpaired) electrons. The van der Waals surface area contributed by atoms with Gasteiger partial charge < -0.3 is 19.5 Å². The predicted octanol–water partition coefficient (Wildman–Crippen LogP) is 3.59. The highest BCUT2D eigenvalue weighted by atomic mass is 16.5. The molecule has 1 amide bonds. The Morgan fingerprint density at radius 2 is 1.90 bits per heavy atom. The topological polar surface area (TPSA) is 80.5 Å². The molecular weight excluding hydrogens is 380 g/mol. The van der Waals surface area contributed by atoms with Gasteiger partial charge in [0.1, 0.15) is 5.75 Å². The minimum absolute atomic E-state index is 0.0735. The molecule has 0 saturated carbocycles. The van der Waals surface area contributed by atoms with Crippen molar-refractivity contribution in [3.05, 3.63) is 60.0 Å². The molecule has 1 aliphatic heterocycles. The van der Waals surface area contributed by atoms with Gasteiger partial charge in [-0.15, -0.1) is 0 Å². The van der Waals surface area contributed by atoms with Crippen LogP contribution in [0.4, 0.5) is 5.69 Å². The molecule has 1 N–H and O–H groups in total. The van der Waals surface area contributed by atoms with E-state index in [1.54, 1.807) is 7.11 Å². The van der Waals surface area contributed by atoms with Crippen molar-refractivity contribution in [2.24, 2.45) is 0 Å². The van der Waals surface area contributed by atoms with Crippen LogP contribution in [0.5, 0.6) is 5.75 Å². The average molecular weight is 406 g/mol. The second kappa shape index (κ2) is 9.43. The van der Waals surface area contributed by atoms with E-state index in [4.69, 9.17) is 9.26 Å². The van der Waals surface area contributed by atoms with E-state index in [9.17, 15) is 4.79 Å². The summed E-state index contributed by atoms with van der Waals surface area (Å²) in [5.41, 5.74) is 3.08. The summed E-state index contributed by atoms with van der Waals surface area (Å²) in [6.07, 6.45) is 3.19. The predicted molar refractivity (Wildman–Crippen MR) is 114 cm³/mol. The molecule has 0 spiro atoms. The highest BCUT2D eigenvalue weighted by molar-refractivity contribution is 5.76. The molecule has 1 saturated heterocycles. The van der Waals surface area contributed by atoms with Crippen LogP contribution in [-0.2, 0) is 17.8 Å². The van der Waals surface area contributed by atoms with Crippen LogP contribution in [0.3, 0.4) is 0 Å². The molecule has 2 aromatic carbocycles. The standard InChI is InChI=1S/C23H26N4O3/c1-29-20-7-3-2-6-18(20)16-24-21(28)12-13-22-25-23(26-30-22)17-8-10-19(11-9-17)27-14-4-5-15-27/h2-3,6-11H,4-5,12-16H2,1H3,(H,24,28). The van der Waals surface area contributed by atoms with E-state index in [1.165, 1.54) is 18.5 Å². The number of nitrogens with zero attached hydrogens (tertiary/aromatic N) is 3. The Hall–Kier alpha value is -3.35.